The number of alkyl halides is 3. The number of aromatic amines is 1. The van der Waals surface area contributed by atoms with Gasteiger partial charge in [-0.1, -0.05) is 64.6 Å². The molecule has 3 N–H and O–H groups in total. The highest BCUT2D eigenvalue weighted by atomic mass is 79.9. The first-order valence-electron chi connectivity index (χ1n) is 14.1. The molecule has 3 aromatic carbocycles. The normalized spacial score (nSPS) is 14.2. The number of nitrogens with zero attached hydrogens (tertiary/aromatic N) is 5. The zero-order valence-electron chi connectivity index (χ0n) is 23.7. The monoisotopic (exact) mass is 684 g/mol. The maximum atomic E-state index is 13.6. The zero-order valence-corrected chi connectivity index (χ0v) is 25.3. The number of benzene rings is 3. The first kappa shape index (κ1) is 31.6. The summed E-state index contributed by atoms with van der Waals surface area (Å²) in [7, 11) is 0. The summed E-state index contributed by atoms with van der Waals surface area (Å²) >= 11 is 3.11. The van der Waals surface area contributed by atoms with E-state index in [-0.39, 0.29) is 28.5 Å². The maximum Gasteiger partial charge on any atom is 0.416 e. The number of nitrogens with one attached hydrogen (secondary N) is 3. The molecule has 1 amide bonds. The van der Waals surface area contributed by atoms with E-state index in [4.69, 9.17) is 0 Å². The molecule has 1 heterocycles. The van der Waals surface area contributed by atoms with Crippen molar-refractivity contribution in [3.05, 3.63) is 116 Å². The molecule has 0 unspecified atom stereocenters. The second-order valence-corrected chi connectivity index (χ2v) is 11.5. The quantitative estimate of drug-likeness (QED) is 0.115. The summed E-state index contributed by atoms with van der Waals surface area (Å²) < 4.78 is 40.9. The van der Waals surface area contributed by atoms with Gasteiger partial charge in [0.1, 0.15) is 0 Å². The number of rotatable bonds is 10. The third-order valence-electron chi connectivity index (χ3n) is 7.42. The Bertz CT molecular complexity index is 1660. The van der Waals surface area contributed by atoms with E-state index in [1.54, 1.807) is 29.2 Å². The largest absolute Gasteiger partial charge is 0.416 e. The fraction of sp³-hybridized carbons (Fsp3) is 0.267. The first-order valence-corrected chi connectivity index (χ1v) is 14.9. The van der Waals surface area contributed by atoms with Gasteiger partial charge in [-0.25, -0.2) is 0 Å². The number of aromatic nitrogens is 4. The van der Waals surface area contributed by atoms with Gasteiger partial charge >= 0.3 is 6.18 Å². The number of nitro groups is 1. The van der Waals surface area contributed by atoms with E-state index in [1.807, 2.05) is 24.3 Å². The predicted octanol–water partition coefficient (Wildman–Crippen LogP) is 7.48. The lowest BCUT2D eigenvalue weighted by atomic mass is 9.84. The molecular formula is C30H28BrF3N8O3. The molecule has 1 fully saturated rings. The topological polar surface area (TPSA) is 142 Å². The van der Waals surface area contributed by atoms with Crippen molar-refractivity contribution < 1.29 is 22.9 Å². The molecule has 4 aromatic rings. The lowest BCUT2D eigenvalue weighted by molar-refractivity contribution is -0.403. The second kappa shape index (κ2) is 13.9. The molecule has 45 heavy (non-hydrogen) atoms. The minimum atomic E-state index is -4.63. The highest BCUT2D eigenvalue weighted by Crippen LogP contribution is 2.36. The number of anilines is 3. The fourth-order valence-corrected chi connectivity index (χ4v) is 5.75. The van der Waals surface area contributed by atoms with Crippen molar-refractivity contribution >= 4 is 39.2 Å². The van der Waals surface area contributed by atoms with Crippen LogP contribution < -0.4 is 15.5 Å². The predicted molar refractivity (Wildman–Crippen MR) is 165 cm³/mol. The van der Waals surface area contributed by atoms with E-state index >= 15 is 0 Å². The number of tetrazole rings is 1. The van der Waals surface area contributed by atoms with E-state index < -0.39 is 22.6 Å². The number of carbonyl (C=O) groups is 1. The summed E-state index contributed by atoms with van der Waals surface area (Å²) in [6, 6.07) is 17.4. The second-order valence-electron chi connectivity index (χ2n) is 10.6. The highest BCUT2D eigenvalue weighted by Gasteiger charge is 2.31. The summed E-state index contributed by atoms with van der Waals surface area (Å²) in [6.45, 7) is 0.0856. The van der Waals surface area contributed by atoms with Gasteiger partial charge in [-0.3, -0.25) is 20.2 Å². The number of halogens is 4. The Morgan fingerprint density at radius 2 is 1.76 bits per heavy atom. The smallest absolute Gasteiger partial charge is 0.336 e. The summed E-state index contributed by atoms with van der Waals surface area (Å²) in [5, 5.41) is 30.2. The summed E-state index contributed by atoms with van der Waals surface area (Å²) in [4.78, 5) is 25.3. The number of hydrogen-bond donors (Lipinski definition) is 3. The van der Waals surface area contributed by atoms with Crippen LogP contribution in [-0.2, 0) is 12.7 Å². The Kier molecular flexibility index (Phi) is 9.76. The van der Waals surface area contributed by atoms with Gasteiger partial charge in [-0.15, -0.1) is 5.10 Å². The van der Waals surface area contributed by atoms with Gasteiger partial charge in [0.15, 0.2) is 5.82 Å². The van der Waals surface area contributed by atoms with Crippen molar-refractivity contribution in [2.75, 3.05) is 15.5 Å². The Morgan fingerprint density at radius 3 is 2.38 bits per heavy atom. The molecule has 0 bridgehead atoms. The number of H-pyrrole nitrogens is 1. The van der Waals surface area contributed by atoms with Crippen LogP contribution in [-0.4, -0.2) is 31.5 Å². The molecule has 234 valence electrons. The Hall–Kier alpha value is -4.79. The third kappa shape index (κ3) is 8.44. The SMILES string of the molecule is O=C(Nc1nn[nH]n1)c1ccc(CN(/C(=C\[N+](=O)[O-])Nc2cc(Br)cc(C(F)(F)F)c2)c2ccc(C3CCCCC3)cc2)cc1. The van der Waals surface area contributed by atoms with Crippen molar-refractivity contribution in [3.8, 4) is 0 Å². The summed E-state index contributed by atoms with van der Waals surface area (Å²) in [6.07, 6.45) is 1.81. The molecule has 1 aliphatic carbocycles. The van der Waals surface area contributed by atoms with E-state index in [1.165, 1.54) is 18.1 Å². The molecule has 15 heteroatoms. The van der Waals surface area contributed by atoms with Crippen LogP contribution in [0, 0.1) is 10.1 Å². The minimum absolute atomic E-state index is 0.00195. The average Bonchev–Trinajstić information content (AvgIpc) is 3.52. The van der Waals surface area contributed by atoms with Crippen LogP contribution in [0.1, 0.15) is 65.1 Å². The third-order valence-corrected chi connectivity index (χ3v) is 7.88. The Labute approximate surface area is 264 Å². The zero-order chi connectivity index (χ0) is 32.0. The fourth-order valence-electron chi connectivity index (χ4n) is 5.25. The van der Waals surface area contributed by atoms with E-state index in [0.717, 1.165) is 44.0 Å². The first-order chi connectivity index (χ1) is 21.5. The molecular weight excluding hydrogens is 657 g/mol. The van der Waals surface area contributed by atoms with Crippen LogP contribution in [0.25, 0.3) is 0 Å². The Balaban J connectivity index is 1.47. The van der Waals surface area contributed by atoms with Crippen LogP contribution in [0.4, 0.5) is 30.5 Å². The van der Waals surface area contributed by atoms with Crippen molar-refractivity contribution in [2.45, 2.75) is 50.7 Å². The van der Waals surface area contributed by atoms with Gasteiger partial charge in [0, 0.05) is 28.0 Å². The van der Waals surface area contributed by atoms with E-state index in [9.17, 15) is 28.1 Å². The van der Waals surface area contributed by atoms with E-state index in [0.29, 0.717) is 22.7 Å². The van der Waals surface area contributed by atoms with Crippen LogP contribution in [0.3, 0.4) is 0 Å². The lowest BCUT2D eigenvalue weighted by Gasteiger charge is -2.28. The molecule has 0 spiro atoms. The maximum absolute atomic E-state index is 13.6. The Morgan fingerprint density at radius 1 is 1.04 bits per heavy atom. The molecule has 11 nitrogen and oxygen atoms in total. The molecule has 1 saturated carbocycles. The highest BCUT2D eigenvalue weighted by molar-refractivity contribution is 9.10. The van der Waals surface area contributed by atoms with Crippen molar-refractivity contribution in [1.29, 1.82) is 0 Å². The van der Waals surface area contributed by atoms with Gasteiger partial charge < -0.3 is 10.2 Å². The van der Waals surface area contributed by atoms with Crippen molar-refractivity contribution in [2.24, 2.45) is 0 Å². The number of amides is 1. The molecule has 0 saturated heterocycles. The molecule has 1 aromatic heterocycles. The number of hydrogen-bond acceptors (Lipinski definition) is 8. The van der Waals surface area contributed by atoms with Crippen LogP contribution in [0.15, 0.2) is 83.2 Å². The van der Waals surface area contributed by atoms with Gasteiger partial charge in [0.05, 0.1) is 10.5 Å². The van der Waals surface area contributed by atoms with E-state index in [2.05, 4.69) is 47.2 Å². The molecule has 5 rings (SSSR count). The van der Waals surface area contributed by atoms with Crippen LogP contribution >= 0.6 is 15.9 Å². The molecule has 0 atom stereocenters. The number of carbonyl (C=O) groups excluding carboxylic acids is 1. The average molecular weight is 686 g/mol. The van der Waals surface area contributed by atoms with Crippen molar-refractivity contribution in [3.63, 3.8) is 0 Å². The van der Waals surface area contributed by atoms with Gasteiger partial charge in [-0.05, 0) is 77.6 Å². The lowest BCUT2D eigenvalue weighted by Crippen LogP contribution is -2.28. The summed E-state index contributed by atoms with van der Waals surface area (Å²) in [5.74, 6) is -0.0880. The standard InChI is InChI=1S/C30H28BrF3N8O3/c31-24-14-23(30(32,33)34)15-25(16-24)35-27(18-42(44)45)41(26-12-10-21(11-13-26)20-4-2-1-3-5-20)17-19-6-8-22(9-7-19)28(43)36-29-37-39-40-38-29/h6-16,18,20,35H,1-5,17H2,(H2,36,37,38,39,40,43)/b27-18-. The van der Waals surface area contributed by atoms with Crippen LogP contribution in [0.5, 0.6) is 0 Å². The molecule has 0 radical (unpaired) electrons. The van der Waals surface area contributed by atoms with Gasteiger partial charge in [0.25, 0.3) is 18.1 Å². The van der Waals surface area contributed by atoms with Gasteiger partial charge in [-0.2, -0.15) is 18.4 Å². The van der Waals surface area contributed by atoms with Gasteiger partial charge in [0.2, 0.25) is 0 Å². The van der Waals surface area contributed by atoms with Crippen molar-refractivity contribution in [1.82, 2.24) is 20.6 Å². The molecule has 0 aliphatic heterocycles. The minimum Gasteiger partial charge on any atom is -0.336 e. The van der Waals surface area contributed by atoms with Crippen LogP contribution in [0.2, 0.25) is 0 Å². The summed E-state index contributed by atoms with van der Waals surface area (Å²) in [5.41, 5.74) is 1.81. The molecule has 1 aliphatic rings.